The van der Waals surface area contributed by atoms with E-state index < -0.39 is 0 Å². The highest BCUT2D eigenvalue weighted by molar-refractivity contribution is 5.93. The largest absolute Gasteiger partial charge is 0.497 e. The molecule has 0 spiro atoms. The highest BCUT2D eigenvalue weighted by atomic mass is 16.5. The molecule has 0 bridgehead atoms. The molecule has 7 heteroatoms. The van der Waals surface area contributed by atoms with Crippen LogP contribution in [-0.2, 0) is 0 Å². The lowest BCUT2D eigenvalue weighted by molar-refractivity contribution is 0.0741. The normalized spacial score (nSPS) is 14.0. The van der Waals surface area contributed by atoms with Crippen LogP contribution < -0.4 is 14.4 Å². The van der Waals surface area contributed by atoms with Gasteiger partial charge in [-0.3, -0.25) is 9.89 Å². The molecule has 150 valence electrons. The van der Waals surface area contributed by atoms with Gasteiger partial charge in [0, 0.05) is 43.5 Å². The minimum Gasteiger partial charge on any atom is -0.497 e. The van der Waals surface area contributed by atoms with E-state index in [-0.39, 0.29) is 5.91 Å². The zero-order valence-corrected chi connectivity index (χ0v) is 16.6. The molecule has 1 saturated heterocycles. The number of hydrogen-bond donors (Lipinski definition) is 1. The van der Waals surface area contributed by atoms with Crippen LogP contribution in [0.25, 0.3) is 11.3 Å². The van der Waals surface area contributed by atoms with Gasteiger partial charge in [0.2, 0.25) is 0 Å². The van der Waals surface area contributed by atoms with Gasteiger partial charge in [0.1, 0.15) is 17.2 Å². The quantitative estimate of drug-likeness (QED) is 0.723. The molecule has 1 aliphatic heterocycles. The number of nitrogens with zero attached hydrogens (tertiary/aromatic N) is 3. The van der Waals surface area contributed by atoms with Crippen molar-refractivity contribution in [2.75, 3.05) is 45.3 Å². The molecule has 1 amide bonds. The van der Waals surface area contributed by atoms with Crippen LogP contribution in [0.5, 0.6) is 11.5 Å². The van der Waals surface area contributed by atoms with E-state index in [1.165, 1.54) is 0 Å². The third-order valence-corrected chi connectivity index (χ3v) is 5.18. The maximum Gasteiger partial charge on any atom is 0.272 e. The van der Waals surface area contributed by atoms with E-state index in [2.05, 4.69) is 21.2 Å². The second-order valence-electron chi connectivity index (χ2n) is 6.88. The Morgan fingerprint density at radius 2 is 1.66 bits per heavy atom. The topological polar surface area (TPSA) is 70.7 Å². The van der Waals surface area contributed by atoms with E-state index >= 15 is 0 Å². The number of carbonyl (C=O) groups excluding carboxylic acids is 1. The van der Waals surface area contributed by atoms with Crippen LogP contribution >= 0.6 is 0 Å². The maximum absolute atomic E-state index is 12.9. The summed E-state index contributed by atoms with van der Waals surface area (Å²) in [5, 5.41) is 7.19. The van der Waals surface area contributed by atoms with Gasteiger partial charge < -0.3 is 19.3 Å². The van der Waals surface area contributed by atoms with E-state index in [1.54, 1.807) is 20.3 Å². The molecule has 7 nitrogen and oxygen atoms in total. The molecule has 2 aromatic carbocycles. The summed E-state index contributed by atoms with van der Waals surface area (Å²) in [6.45, 7) is 2.87. The van der Waals surface area contributed by atoms with E-state index in [9.17, 15) is 4.79 Å². The molecule has 0 atom stereocenters. The van der Waals surface area contributed by atoms with Crippen molar-refractivity contribution in [3.63, 3.8) is 0 Å². The summed E-state index contributed by atoms with van der Waals surface area (Å²) in [5.41, 5.74) is 3.29. The highest BCUT2D eigenvalue weighted by Gasteiger charge is 2.24. The fraction of sp³-hybridized carbons (Fsp3) is 0.273. The minimum absolute atomic E-state index is 0.0254. The molecule has 4 rings (SSSR count). The number of aromatic amines is 1. The van der Waals surface area contributed by atoms with Crippen LogP contribution in [0.15, 0.2) is 54.6 Å². The average molecular weight is 392 g/mol. The van der Waals surface area contributed by atoms with Crippen LogP contribution in [0.4, 0.5) is 5.69 Å². The third-order valence-electron chi connectivity index (χ3n) is 5.18. The lowest BCUT2D eigenvalue weighted by Crippen LogP contribution is -2.48. The predicted molar refractivity (Wildman–Crippen MR) is 112 cm³/mol. The second-order valence-corrected chi connectivity index (χ2v) is 6.88. The third kappa shape index (κ3) is 4.03. The van der Waals surface area contributed by atoms with Crippen molar-refractivity contribution in [1.29, 1.82) is 0 Å². The van der Waals surface area contributed by atoms with Crippen molar-refractivity contribution >= 4 is 11.6 Å². The predicted octanol–water partition coefficient (Wildman–Crippen LogP) is 3.06. The SMILES string of the molecule is COc1ccc(-c2cc(C(=O)N3CCN(c4cccc(OC)c4)CC3)[nH]n2)cc1. The first-order chi connectivity index (χ1) is 14.2. The number of rotatable bonds is 5. The molecular formula is C22H24N4O3. The molecule has 1 N–H and O–H groups in total. The standard InChI is InChI=1S/C22H24N4O3/c1-28-18-8-6-16(7-9-18)20-15-21(24-23-20)22(27)26-12-10-25(11-13-26)17-4-3-5-19(14-17)29-2/h3-9,14-15H,10-13H2,1-2H3,(H,23,24). The molecule has 29 heavy (non-hydrogen) atoms. The molecule has 0 saturated carbocycles. The molecule has 1 aliphatic rings. The van der Waals surface area contributed by atoms with Gasteiger partial charge in [0.15, 0.2) is 0 Å². The molecule has 0 unspecified atom stereocenters. The van der Waals surface area contributed by atoms with Gasteiger partial charge in [-0.2, -0.15) is 5.10 Å². The number of amides is 1. The number of carbonyl (C=O) groups is 1. The van der Waals surface area contributed by atoms with E-state index in [0.29, 0.717) is 18.8 Å². The van der Waals surface area contributed by atoms with Gasteiger partial charge in [-0.25, -0.2) is 0 Å². The van der Waals surface area contributed by atoms with Gasteiger partial charge in [0.05, 0.1) is 19.9 Å². The lowest BCUT2D eigenvalue weighted by Gasteiger charge is -2.36. The van der Waals surface area contributed by atoms with Crippen molar-refractivity contribution in [3.8, 4) is 22.8 Å². The van der Waals surface area contributed by atoms with Gasteiger partial charge >= 0.3 is 0 Å². The molecule has 1 aromatic heterocycles. The smallest absolute Gasteiger partial charge is 0.272 e. The summed E-state index contributed by atoms with van der Waals surface area (Å²) in [6, 6.07) is 17.4. The molecule has 2 heterocycles. The monoisotopic (exact) mass is 392 g/mol. The molecule has 0 aliphatic carbocycles. The summed E-state index contributed by atoms with van der Waals surface area (Å²) in [6.07, 6.45) is 0. The lowest BCUT2D eigenvalue weighted by atomic mass is 10.1. The van der Waals surface area contributed by atoms with Crippen LogP contribution in [-0.4, -0.2) is 61.4 Å². The highest BCUT2D eigenvalue weighted by Crippen LogP contribution is 2.24. The number of ether oxygens (including phenoxy) is 2. The van der Waals surface area contributed by atoms with Crippen LogP contribution in [0.3, 0.4) is 0 Å². The van der Waals surface area contributed by atoms with Gasteiger partial charge in [0.25, 0.3) is 5.91 Å². The van der Waals surface area contributed by atoms with Crippen molar-refractivity contribution in [1.82, 2.24) is 15.1 Å². The summed E-state index contributed by atoms with van der Waals surface area (Å²) >= 11 is 0. The number of methoxy groups -OCH3 is 2. The van der Waals surface area contributed by atoms with E-state index in [4.69, 9.17) is 9.47 Å². The zero-order chi connectivity index (χ0) is 20.2. The Bertz CT molecular complexity index is 976. The van der Waals surface area contributed by atoms with Crippen molar-refractivity contribution in [2.24, 2.45) is 0 Å². The number of H-pyrrole nitrogens is 1. The summed E-state index contributed by atoms with van der Waals surface area (Å²) in [4.78, 5) is 17.0. The molecule has 0 radical (unpaired) electrons. The van der Waals surface area contributed by atoms with Crippen molar-refractivity contribution < 1.29 is 14.3 Å². The van der Waals surface area contributed by atoms with Crippen LogP contribution in [0.1, 0.15) is 10.5 Å². The molecule has 1 fully saturated rings. The Balaban J connectivity index is 1.40. The van der Waals surface area contributed by atoms with E-state index in [1.807, 2.05) is 47.4 Å². The number of nitrogens with one attached hydrogen (secondary N) is 1. The van der Waals surface area contributed by atoms with E-state index in [0.717, 1.165) is 41.5 Å². The Hall–Kier alpha value is -3.48. The number of benzene rings is 2. The van der Waals surface area contributed by atoms with Crippen molar-refractivity contribution in [3.05, 3.63) is 60.3 Å². The fourth-order valence-electron chi connectivity index (χ4n) is 3.49. The first-order valence-electron chi connectivity index (χ1n) is 9.56. The molecule has 3 aromatic rings. The Labute approximate surface area is 169 Å². The number of piperazine rings is 1. The second kappa shape index (κ2) is 8.26. The number of aromatic nitrogens is 2. The summed E-state index contributed by atoms with van der Waals surface area (Å²) < 4.78 is 10.5. The Morgan fingerprint density at radius 1 is 0.931 bits per heavy atom. The maximum atomic E-state index is 12.9. The summed E-state index contributed by atoms with van der Waals surface area (Å²) in [7, 11) is 3.30. The Morgan fingerprint density at radius 3 is 2.34 bits per heavy atom. The first kappa shape index (κ1) is 18.9. The first-order valence-corrected chi connectivity index (χ1v) is 9.56. The number of hydrogen-bond acceptors (Lipinski definition) is 5. The van der Waals surface area contributed by atoms with Gasteiger partial charge in [-0.05, 0) is 42.5 Å². The van der Waals surface area contributed by atoms with Gasteiger partial charge in [-0.1, -0.05) is 6.07 Å². The van der Waals surface area contributed by atoms with Gasteiger partial charge in [-0.15, -0.1) is 0 Å². The van der Waals surface area contributed by atoms with Crippen molar-refractivity contribution in [2.45, 2.75) is 0 Å². The van der Waals surface area contributed by atoms with Crippen LogP contribution in [0, 0.1) is 0 Å². The Kier molecular flexibility index (Phi) is 5.37. The summed E-state index contributed by atoms with van der Waals surface area (Å²) in [5.74, 6) is 1.60. The number of anilines is 1. The zero-order valence-electron chi connectivity index (χ0n) is 16.6. The molecular weight excluding hydrogens is 368 g/mol. The minimum atomic E-state index is -0.0254. The average Bonchev–Trinajstić information content (AvgIpc) is 3.29. The fourth-order valence-corrected chi connectivity index (χ4v) is 3.49. The van der Waals surface area contributed by atoms with Crippen LogP contribution in [0.2, 0.25) is 0 Å².